The van der Waals surface area contributed by atoms with Crippen molar-refractivity contribution in [3.05, 3.63) is 35.4 Å². The van der Waals surface area contributed by atoms with Gasteiger partial charge >= 0.3 is 0 Å². The second-order valence-electron chi connectivity index (χ2n) is 4.29. The average Bonchev–Trinajstić information content (AvgIpc) is 2.21. The summed E-state index contributed by atoms with van der Waals surface area (Å²) in [4.78, 5) is 0. The molecule has 2 N–H and O–H groups in total. The van der Waals surface area contributed by atoms with E-state index in [1.165, 1.54) is 13.8 Å². The zero-order chi connectivity index (χ0) is 12.6. The molecular formula is C11H13F4N. The number of benzene rings is 1. The van der Waals surface area contributed by atoms with Crippen molar-refractivity contribution in [2.24, 2.45) is 11.1 Å². The first-order valence-electron chi connectivity index (χ1n) is 4.76. The van der Waals surface area contributed by atoms with E-state index in [0.29, 0.717) is 12.1 Å². The number of nitrogens with two attached hydrogens (primary N) is 1. The largest absolute Gasteiger partial charge is 0.330 e. The standard InChI is InChI=1S/C11H13F4N/c1-10(2,6-16)11(14,15)8-5-7(12)3-4-9(8)13/h3-5H,6,16H2,1-2H3. The van der Waals surface area contributed by atoms with Crippen molar-refractivity contribution in [1.82, 2.24) is 0 Å². The molecule has 1 aromatic carbocycles. The van der Waals surface area contributed by atoms with Crippen LogP contribution in [-0.2, 0) is 5.92 Å². The van der Waals surface area contributed by atoms with E-state index in [4.69, 9.17) is 5.73 Å². The molecule has 5 heteroatoms. The Labute approximate surface area is 91.3 Å². The van der Waals surface area contributed by atoms with Gasteiger partial charge in [-0.2, -0.15) is 0 Å². The first kappa shape index (κ1) is 13.0. The normalized spacial score (nSPS) is 12.9. The monoisotopic (exact) mass is 235 g/mol. The molecular weight excluding hydrogens is 222 g/mol. The molecule has 0 aliphatic rings. The number of hydrogen-bond donors (Lipinski definition) is 1. The summed E-state index contributed by atoms with van der Waals surface area (Å²) in [5, 5.41) is 0. The third-order valence-corrected chi connectivity index (χ3v) is 2.63. The molecule has 0 radical (unpaired) electrons. The van der Waals surface area contributed by atoms with Crippen LogP contribution in [-0.4, -0.2) is 6.54 Å². The number of hydrogen-bond acceptors (Lipinski definition) is 1. The summed E-state index contributed by atoms with van der Waals surface area (Å²) in [5.74, 6) is -5.55. The molecule has 0 atom stereocenters. The summed E-state index contributed by atoms with van der Waals surface area (Å²) in [5.41, 5.74) is 2.63. The minimum absolute atomic E-state index is 0.337. The van der Waals surface area contributed by atoms with Crippen molar-refractivity contribution in [3.8, 4) is 0 Å². The summed E-state index contributed by atoms with van der Waals surface area (Å²) < 4.78 is 53.9. The van der Waals surface area contributed by atoms with Crippen LogP contribution < -0.4 is 5.73 Å². The maximum atomic E-state index is 13.9. The van der Waals surface area contributed by atoms with Crippen molar-refractivity contribution < 1.29 is 17.6 Å². The lowest BCUT2D eigenvalue weighted by molar-refractivity contribution is -0.111. The maximum absolute atomic E-state index is 13.9. The maximum Gasteiger partial charge on any atom is 0.282 e. The molecule has 0 bridgehead atoms. The molecule has 0 heterocycles. The SMILES string of the molecule is CC(C)(CN)C(F)(F)c1cc(F)ccc1F. The molecule has 0 saturated carbocycles. The molecule has 16 heavy (non-hydrogen) atoms. The van der Waals surface area contributed by atoms with Gasteiger partial charge in [-0.1, -0.05) is 13.8 Å². The second kappa shape index (κ2) is 4.05. The van der Waals surface area contributed by atoms with Crippen LogP contribution in [0.2, 0.25) is 0 Å². The Morgan fingerprint density at radius 3 is 2.25 bits per heavy atom. The fraction of sp³-hybridized carbons (Fsp3) is 0.455. The third-order valence-electron chi connectivity index (χ3n) is 2.63. The van der Waals surface area contributed by atoms with E-state index in [0.717, 1.165) is 6.07 Å². The van der Waals surface area contributed by atoms with Crippen molar-refractivity contribution >= 4 is 0 Å². The van der Waals surface area contributed by atoms with Crippen LogP contribution in [0.3, 0.4) is 0 Å². The minimum Gasteiger partial charge on any atom is -0.330 e. The first-order chi connectivity index (χ1) is 7.22. The van der Waals surface area contributed by atoms with Crippen molar-refractivity contribution in [2.75, 3.05) is 6.54 Å². The van der Waals surface area contributed by atoms with Gasteiger partial charge in [0.25, 0.3) is 5.92 Å². The Kier molecular flexibility index (Phi) is 3.28. The molecule has 0 unspecified atom stereocenters. The Morgan fingerprint density at radius 2 is 1.75 bits per heavy atom. The summed E-state index contributed by atoms with van der Waals surface area (Å²) in [6.07, 6.45) is 0. The molecule has 0 aliphatic heterocycles. The van der Waals surface area contributed by atoms with E-state index in [1.807, 2.05) is 0 Å². The van der Waals surface area contributed by atoms with E-state index in [9.17, 15) is 17.6 Å². The van der Waals surface area contributed by atoms with Crippen LogP contribution in [0.25, 0.3) is 0 Å². The molecule has 1 aromatic rings. The van der Waals surface area contributed by atoms with Gasteiger partial charge in [0.05, 0.1) is 5.56 Å². The van der Waals surface area contributed by atoms with Gasteiger partial charge in [-0.25, -0.2) is 17.6 Å². The van der Waals surface area contributed by atoms with E-state index in [1.54, 1.807) is 0 Å². The van der Waals surface area contributed by atoms with Crippen LogP contribution in [0.4, 0.5) is 17.6 Å². The fourth-order valence-corrected chi connectivity index (χ4v) is 1.23. The van der Waals surface area contributed by atoms with E-state index in [-0.39, 0.29) is 6.54 Å². The van der Waals surface area contributed by atoms with Gasteiger partial charge in [0.15, 0.2) is 0 Å². The summed E-state index contributed by atoms with van der Waals surface area (Å²) >= 11 is 0. The van der Waals surface area contributed by atoms with Crippen LogP contribution in [0.5, 0.6) is 0 Å². The Morgan fingerprint density at radius 1 is 1.19 bits per heavy atom. The number of rotatable bonds is 3. The lowest BCUT2D eigenvalue weighted by Crippen LogP contribution is -2.40. The molecule has 0 amide bonds. The van der Waals surface area contributed by atoms with Gasteiger partial charge in [0, 0.05) is 12.0 Å². The molecule has 1 nitrogen and oxygen atoms in total. The van der Waals surface area contributed by atoms with Crippen LogP contribution in [0.1, 0.15) is 19.4 Å². The van der Waals surface area contributed by atoms with E-state index in [2.05, 4.69) is 0 Å². The predicted molar refractivity (Wildman–Crippen MR) is 53.1 cm³/mol. The zero-order valence-corrected chi connectivity index (χ0v) is 9.03. The number of alkyl halides is 2. The molecule has 0 saturated heterocycles. The predicted octanol–water partition coefficient (Wildman–Crippen LogP) is 3.04. The Hall–Kier alpha value is -1.10. The highest BCUT2D eigenvalue weighted by atomic mass is 19.3. The average molecular weight is 235 g/mol. The van der Waals surface area contributed by atoms with Gasteiger partial charge in [0.1, 0.15) is 11.6 Å². The van der Waals surface area contributed by atoms with Crippen molar-refractivity contribution in [3.63, 3.8) is 0 Å². The highest BCUT2D eigenvalue weighted by molar-refractivity contribution is 5.25. The highest BCUT2D eigenvalue weighted by Gasteiger charge is 2.48. The Bertz CT molecular complexity index is 388. The zero-order valence-electron chi connectivity index (χ0n) is 9.03. The van der Waals surface area contributed by atoms with Crippen LogP contribution in [0.15, 0.2) is 18.2 Å². The molecule has 0 aliphatic carbocycles. The molecule has 0 aromatic heterocycles. The molecule has 1 rings (SSSR count). The van der Waals surface area contributed by atoms with Crippen LogP contribution >= 0.6 is 0 Å². The van der Waals surface area contributed by atoms with Gasteiger partial charge in [0.2, 0.25) is 0 Å². The first-order valence-corrected chi connectivity index (χ1v) is 4.76. The van der Waals surface area contributed by atoms with Gasteiger partial charge in [-0.3, -0.25) is 0 Å². The van der Waals surface area contributed by atoms with Crippen molar-refractivity contribution in [2.45, 2.75) is 19.8 Å². The quantitative estimate of drug-likeness (QED) is 0.800. The number of halogens is 4. The van der Waals surface area contributed by atoms with Gasteiger partial charge < -0.3 is 5.73 Å². The van der Waals surface area contributed by atoms with E-state index >= 15 is 0 Å². The summed E-state index contributed by atoms with van der Waals surface area (Å²) in [6.45, 7) is 2.07. The molecule has 90 valence electrons. The molecule has 0 spiro atoms. The lowest BCUT2D eigenvalue weighted by Gasteiger charge is -2.33. The minimum atomic E-state index is -3.52. The van der Waals surface area contributed by atoms with E-state index < -0.39 is 28.5 Å². The van der Waals surface area contributed by atoms with Crippen molar-refractivity contribution in [1.29, 1.82) is 0 Å². The Balaban J connectivity index is 3.31. The smallest absolute Gasteiger partial charge is 0.282 e. The molecule has 0 fully saturated rings. The summed E-state index contributed by atoms with van der Waals surface area (Å²) in [7, 11) is 0. The van der Waals surface area contributed by atoms with Crippen LogP contribution in [0, 0.1) is 17.0 Å². The topological polar surface area (TPSA) is 26.0 Å². The second-order valence-corrected chi connectivity index (χ2v) is 4.29. The third kappa shape index (κ3) is 2.04. The van der Waals surface area contributed by atoms with Gasteiger partial charge in [-0.05, 0) is 18.2 Å². The summed E-state index contributed by atoms with van der Waals surface area (Å²) in [6, 6.07) is 1.99. The van der Waals surface area contributed by atoms with Gasteiger partial charge in [-0.15, -0.1) is 0 Å². The fourth-order valence-electron chi connectivity index (χ4n) is 1.23. The highest BCUT2D eigenvalue weighted by Crippen LogP contribution is 2.45. The lowest BCUT2D eigenvalue weighted by atomic mass is 9.81.